The van der Waals surface area contributed by atoms with E-state index < -0.39 is 9.96 Å². The first-order valence-electron chi connectivity index (χ1n) is 12.7. The zero-order valence-corrected chi connectivity index (χ0v) is 24.0. The highest BCUT2D eigenvalue weighted by Crippen LogP contribution is 2.31. The van der Waals surface area contributed by atoms with Crippen LogP contribution in [0.25, 0.3) is 0 Å². The number of halogens is 4. The largest absolute Gasteiger partial charge is 0.362 e. The standard InChI is InChI=1S/C26H42BrCl3N2O/c1-2-3-4-5-6-7-8-9-10-11-12-13-14-15-16-20-24(33)32-25(26(28,29)30)31-23-19-17-18-22(27)21-23/h17-19,21,25,31H,2-16,20H2,1H3,(H,32,33)/t25-/m1/s1. The third kappa shape index (κ3) is 17.0. The van der Waals surface area contributed by atoms with Crippen molar-refractivity contribution in [3.05, 3.63) is 28.7 Å². The van der Waals surface area contributed by atoms with Crippen molar-refractivity contribution in [2.75, 3.05) is 5.32 Å². The van der Waals surface area contributed by atoms with Crippen molar-refractivity contribution in [2.45, 2.75) is 120 Å². The molecule has 1 aromatic rings. The molecule has 33 heavy (non-hydrogen) atoms. The molecule has 0 aliphatic rings. The van der Waals surface area contributed by atoms with Crippen LogP contribution in [-0.2, 0) is 4.79 Å². The summed E-state index contributed by atoms with van der Waals surface area (Å²) in [7, 11) is 0. The molecule has 2 N–H and O–H groups in total. The van der Waals surface area contributed by atoms with Crippen molar-refractivity contribution in [2.24, 2.45) is 0 Å². The molecule has 1 aromatic carbocycles. The molecule has 0 aromatic heterocycles. The van der Waals surface area contributed by atoms with Gasteiger partial charge in [-0.05, 0) is 24.6 Å². The molecule has 7 heteroatoms. The van der Waals surface area contributed by atoms with E-state index in [0.717, 1.165) is 23.0 Å². The van der Waals surface area contributed by atoms with Crippen LogP contribution in [0.4, 0.5) is 5.69 Å². The average molecular weight is 585 g/mol. The summed E-state index contributed by atoms with van der Waals surface area (Å²) in [4.78, 5) is 12.4. The van der Waals surface area contributed by atoms with Crippen LogP contribution in [0.15, 0.2) is 28.7 Å². The third-order valence-corrected chi connectivity index (χ3v) is 6.92. The quantitative estimate of drug-likeness (QED) is 0.0965. The molecule has 1 rings (SSSR count). The lowest BCUT2D eigenvalue weighted by molar-refractivity contribution is -0.121. The number of nitrogens with one attached hydrogen (secondary N) is 2. The first-order valence-corrected chi connectivity index (χ1v) is 14.6. The Balaban J connectivity index is 2.06. The zero-order valence-electron chi connectivity index (χ0n) is 20.1. The SMILES string of the molecule is CCCCCCCCCCCCCCCCCC(=O)N[C@@H](Nc1cccc(Br)c1)C(Cl)(Cl)Cl. The molecule has 0 bridgehead atoms. The van der Waals surface area contributed by atoms with Gasteiger partial charge in [-0.1, -0.05) is 154 Å². The number of amides is 1. The van der Waals surface area contributed by atoms with Crippen LogP contribution in [0, 0.1) is 0 Å². The van der Waals surface area contributed by atoms with Gasteiger partial charge >= 0.3 is 0 Å². The number of benzene rings is 1. The smallest absolute Gasteiger partial charge is 0.228 e. The number of hydrogen-bond acceptors (Lipinski definition) is 2. The second-order valence-corrected chi connectivity index (χ2v) is 12.2. The summed E-state index contributed by atoms with van der Waals surface area (Å²) >= 11 is 21.6. The lowest BCUT2D eigenvalue weighted by atomic mass is 10.0. The van der Waals surface area contributed by atoms with Gasteiger partial charge in [-0.25, -0.2) is 0 Å². The van der Waals surface area contributed by atoms with Gasteiger partial charge in [0, 0.05) is 16.6 Å². The van der Waals surface area contributed by atoms with Gasteiger partial charge in [0.15, 0.2) is 0 Å². The summed E-state index contributed by atoms with van der Waals surface area (Å²) in [5, 5.41) is 5.90. The number of alkyl halides is 3. The minimum atomic E-state index is -1.66. The number of anilines is 1. The topological polar surface area (TPSA) is 41.1 Å². The van der Waals surface area contributed by atoms with Gasteiger partial charge in [0.05, 0.1) is 0 Å². The second-order valence-electron chi connectivity index (χ2n) is 8.90. The summed E-state index contributed by atoms with van der Waals surface area (Å²) in [5.74, 6) is -0.108. The Hall–Kier alpha value is -0.160. The molecule has 0 spiro atoms. The van der Waals surface area contributed by atoms with E-state index in [-0.39, 0.29) is 5.91 Å². The molecule has 190 valence electrons. The molecule has 0 aliphatic heterocycles. The summed E-state index contributed by atoms with van der Waals surface area (Å²) in [6.45, 7) is 2.27. The molecule has 0 saturated carbocycles. The van der Waals surface area contributed by atoms with Crippen molar-refractivity contribution in [3.8, 4) is 0 Å². The zero-order chi connectivity index (χ0) is 24.4. The molecule has 0 aliphatic carbocycles. The fourth-order valence-electron chi connectivity index (χ4n) is 3.83. The van der Waals surface area contributed by atoms with Gasteiger partial charge in [-0.3, -0.25) is 4.79 Å². The number of carbonyl (C=O) groups is 1. The van der Waals surface area contributed by atoms with Crippen molar-refractivity contribution in [1.82, 2.24) is 5.32 Å². The van der Waals surface area contributed by atoms with E-state index in [0.29, 0.717) is 6.42 Å². The summed E-state index contributed by atoms with van der Waals surface area (Å²) < 4.78 is -0.757. The predicted molar refractivity (Wildman–Crippen MR) is 150 cm³/mol. The fraction of sp³-hybridized carbons (Fsp3) is 0.731. The van der Waals surface area contributed by atoms with E-state index in [1.807, 2.05) is 24.3 Å². The third-order valence-electron chi connectivity index (χ3n) is 5.78. The first-order chi connectivity index (χ1) is 15.8. The van der Waals surface area contributed by atoms with Crippen LogP contribution in [-0.4, -0.2) is 15.9 Å². The lowest BCUT2D eigenvalue weighted by Crippen LogP contribution is -2.49. The van der Waals surface area contributed by atoms with Crippen LogP contribution in [0.3, 0.4) is 0 Å². The monoisotopic (exact) mass is 582 g/mol. The van der Waals surface area contributed by atoms with Crippen molar-refractivity contribution < 1.29 is 4.79 Å². The maximum absolute atomic E-state index is 12.4. The summed E-state index contributed by atoms with van der Waals surface area (Å²) in [6, 6.07) is 7.50. The maximum atomic E-state index is 12.4. The van der Waals surface area contributed by atoms with Crippen LogP contribution in [0.2, 0.25) is 0 Å². The number of carbonyl (C=O) groups excluding carboxylic acids is 1. The Morgan fingerprint density at radius 3 is 1.79 bits per heavy atom. The maximum Gasteiger partial charge on any atom is 0.228 e. The van der Waals surface area contributed by atoms with Gasteiger partial charge < -0.3 is 10.6 Å². The first kappa shape index (κ1) is 30.9. The molecular weight excluding hydrogens is 543 g/mol. The molecule has 0 unspecified atom stereocenters. The molecule has 1 atom stereocenters. The molecule has 0 radical (unpaired) electrons. The molecule has 1 amide bonds. The Labute approximate surface area is 225 Å². The van der Waals surface area contributed by atoms with Crippen molar-refractivity contribution >= 4 is 62.3 Å². The molecule has 0 heterocycles. The highest BCUT2D eigenvalue weighted by atomic mass is 79.9. The lowest BCUT2D eigenvalue weighted by Gasteiger charge is -2.27. The molecule has 0 saturated heterocycles. The molecule has 3 nitrogen and oxygen atoms in total. The van der Waals surface area contributed by atoms with E-state index in [1.54, 1.807) is 0 Å². The minimum Gasteiger partial charge on any atom is -0.362 e. The Morgan fingerprint density at radius 1 is 0.848 bits per heavy atom. The van der Waals surface area contributed by atoms with Crippen LogP contribution in [0.5, 0.6) is 0 Å². The Kier molecular flexibility index (Phi) is 17.8. The summed E-state index contributed by atoms with van der Waals surface area (Å²) in [5.41, 5.74) is 0.757. The fourth-order valence-corrected chi connectivity index (χ4v) is 4.56. The van der Waals surface area contributed by atoms with Gasteiger partial charge in [0.25, 0.3) is 0 Å². The summed E-state index contributed by atoms with van der Waals surface area (Å²) in [6.07, 6.45) is 19.1. The van der Waals surface area contributed by atoms with Gasteiger partial charge in [-0.2, -0.15) is 0 Å². The minimum absolute atomic E-state index is 0.108. The van der Waals surface area contributed by atoms with Gasteiger partial charge in [-0.15, -0.1) is 0 Å². The highest BCUT2D eigenvalue weighted by Gasteiger charge is 2.33. The van der Waals surface area contributed by atoms with E-state index in [2.05, 4.69) is 33.5 Å². The Bertz CT molecular complexity index is 640. The van der Waals surface area contributed by atoms with Crippen molar-refractivity contribution in [3.63, 3.8) is 0 Å². The normalized spacial score (nSPS) is 12.5. The molecular formula is C26H42BrCl3N2O. The van der Waals surface area contributed by atoms with E-state index >= 15 is 0 Å². The van der Waals surface area contributed by atoms with Crippen LogP contribution < -0.4 is 10.6 Å². The predicted octanol–water partition coefficient (Wildman–Crippen LogP) is 9.93. The Morgan fingerprint density at radius 2 is 1.33 bits per heavy atom. The van der Waals surface area contributed by atoms with Crippen molar-refractivity contribution in [1.29, 1.82) is 0 Å². The average Bonchev–Trinajstić information content (AvgIpc) is 2.75. The number of unbranched alkanes of at least 4 members (excludes halogenated alkanes) is 14. The van der Waals surface area contributed by atoms with Gasteiger partial charge in [0.1, 0.15) is 6.17 Å². The van der Waals surface area contributed by atoms with E-state index in [9.17, 15) is 4.79 Å². The number of rotatable bonds is 19. The second kappa shape index (κ2) is 19.1. The van der Waals surface area contributed by atoms with Gasteiger partial charge in [0.2, 0.25) is 9.70 Å². The molecule has 0 fully saturated rings. The highest BCUT2D eigenvalue weighted by molar-refractivity contribution is 9.10. The van der Waals surface area contributed by atoms with E-state index in [4.69, 9.17) is 34.8 Å². The van der Waals surface area contributed by atoms with E-state index in [1.165, 1.54) is 83.5 Å². The van der Waals surface area contributed by atoms with Crippen LogP contribution in [0.1, 0.15) is 110 Å². The van der Waals surface area contributed by atoms with Crippen LogP contribution >= 0.6 is 50.7 Å². The number of hydrogen-bond donors (Lipinski definition) is 2.